The fraction of sp³-hybridized carbons (Fsp3) is 0.529. The fourth-order valence-corrected chi connectivity index (χ4v) is 3.34. The molecule has 3 rings (SSSR count). The Morgan fingerprint density at radius 1 is 1.38 bits per heavy atom. The molecule has 128 valence electrons. The molecule has 0 spiro atoms. The molecule has 7 nitrogen and oxygen atoms in total. The summed E-state index contributed by atoms with van der Waals surface area (Å²) in [6.07, 6.45) is 3.45. The normalized spacial score (nSPS) is 16.9. The van der Waals surface area contributed by atoms with Gasteiger partial charge in [-0.25, -0.2) is 0 Å². The number of anilines is 1. The van der Waals surface area contributed by atoms with Crippen LogP contribution < -0.4 is 5.32 Å². The van der Waals surface area contributed by atoms with E-state index in [1.165, 1.54) is 0 Å². The number of piperidine rings is 1. The number of rotatable bonds is 4. The molecule has 1 atom stereocenters. The zero-order valence-electron chi connectivity index (χ0n) is 14.3. The van der Waals surface area contributed by atoms with E-state index in [2.05, 4.69) is 20.7 Å². The molecule has 2 aromatic rings. The molecule has 0 radical (unpaired) electrons. The molecule has 1 fully saturated rings. The first kappa shape index (κ1) is 16.4. The van der Waals surface area contributed by atoms with E-state index in [-0.39, 0.29) is 11.8 Å². The third kappa shape index (κ3) is 3.39. The molecular weight excluding hydrogens is 306 g/mol. The first-order valence-electron chi connectivity index (χ1n) is 8.32. The number of amides is 1. The van der Waals surface area contributed by atoms with Crippen molar-refractivity contribution in [1.29, 1.82) is 0 Å². The van der Waals surface area contributed by atoms with Crippen LogP contribution in [0.15, 0.2) is 22.9 Å². The van der Waals surface area contributed by atoms with Gasteiger partial charge in [-0.05, 0) is 45.7 Å². The average molecular weight is 329 g/mol. The Bertz CT molecular complexity index is 673. The van der Waals surface area contributed by atoms with Crippen LogP contribution in [0.25, 0.3) is 0 Å². The van der Waals surface area contributed by atoms with E-state index in [0.29, 0.717) is 6.04 Å². The van der Waals surface area contributed by atoms with Gasteiger partial charge < -0.3 is 14.7 Å². The minimum absolute atomic E-state index is 0.141. The highest BCUT2D eigenvalue weighted by molar-refractivity contribution is 5.84. The smallest absolute Gasteiger partial charge is 0.230 e. The van der Waals surface area contributed by atoms with Crippen LogP contribution in [0.3, 0.4) is 0 Å². The molecule has 0 saturated carbocycles. The lowest BCUT2D eigenvalue weighted by Crippen LogP contribution is -2.44. The van der Waals surface area contributed by atoms with Crippen molar-refractivity contribution in [3.05, 3.63) is 35.3 Å². The van der Waals surface area contributed by atoms with Gasteiger partial charge >= 0.3 is 0 Å². The second-order valence-corrected chi connectivity index (χ2v) is 6.31. The van der Waals surface area contributed by atoms with Gasteiger partial charge in [0, 0.05) is 30.9 Å². The van der Waals surface area contributed by atoms with E-state index in [1.54, 1.807) is 6.20 Å². The van der Waals surface area contributed by atoms with E-state index >= 15 is 0 Å². The van der Waals surface area contributed by atoms with Gasteiger partial charge in [-0.2, -0.15) is 5.10 Å². The standard InChI is InChI=1S/C17H23N5O2/c1-11(16-12(2)21-24-13(16)3)17(23)22-9-6-14(7-10-22)19-15-5-4-8-18-20-15/h4-5,8,11,14H,6-7,9-10H2,1-3H3,(H,19,20)/t11-/m1/s1. The Kier molecular flexibility index (Phi) is 4.78. The van der Waals surface area contributed by atoms with E-state index in [1.807, 2.05) is 37.8 Å². The Morgan fingerprint density at radius 3 is 2.71 bits per heavy atom. The maximum Gasteiger partial charge on any atom is 0.230 e. The van der Waals surface area contributed by atoms with Crippen molar-refractivity contribution in [3.8, 4) is 0 Å². The number of aryl methyl sites for hydroxylation is 2. The Balaban J connectivity index is 1.57. The van der Waals surface area contributed by atoms with E-state index in [9.17, 15) is 4.79 Å². The average Bonchev–Trinajstić information content (AvgIpc) is 2.94. The topological polar surface area (TPSA) is 84.2 Å². The Morgan fingerprint density at radius 2 is 2.12 bits per heavy atom. The van der Waals surface area contributed by atoms with Crippen molar-refractivity contribution in [1.82, 2.24) is 20.3 Å². The van der Waals surface area contributed by atoms with Crippen molar-refractivity contribution < 1.29 is 9.32 Å². The predicted molar refractivity (Wildman–Crippen MR) is 89.6 cm³/mol. The van der Waals surface area contributed by atoms with E-state index in [0.717, 1.165) is 48.8 Å². The van der Waals surface area contributed by atoms with Gasteiger partial charge in [0.25, 0.3) is 0 Å². The molecule has 1 N–H and O–H groups in total. The van der Waals surface area contributed by atoms with Crippen molar-refractivity contribution >= 4 is 11.7 Å². The van der Waals surface area contributed by atoms with E-state index < -0.39 is 0 Å². The molecule has 0 unspecified atom stereocenters. The van der Waals surface area contributed by atoms with Crippen LogP contribution in [0.5, 0.6) is 0 Å². The number of aromatic nitrogens is 3. The maximum atomic E-state index is 12.8. The number of hydrogen-bond donors (Lipinski definition) is 1. The summed E-state index contributed by atoms with van der Waals surface area (Å²) in [5.41, 5.74) is 1.72. The quantitative estimate of drug-likeness (QED) is 0.926. The summed E-state index contributed by atoms with van der Waals surface area (Å²) in [6.45, 7) is 7.15. The lowest BCUT2D eigenvalue weighted by Gasteiger charge is -2.34. The van der Waals surface area contributed by atoms with Crippen LogP contribution in [0, 0.1) is 13.8 Å². The molecular formula is C17H23N5O2. The summed E-state index contributed by atoms with van der Waals surface area (Å²) in [4.78, 5) is 14.7. The monoisotopic (exact) mass is 329 g/mol. The summed E-state index contributed by atoms with van der Waals surface area (Å²) in [5, 5.41) is 15.3. The van der Waals surface area contributed by atoms with Crippen LogP contribution >= 0.6 is 0 Å². The molecule has 1 amide bonds. The van der Waals surface area contributed by atoms with Gasteiger partial charge in [-0.1, -0.05) is 5.16 Å². The van der Waals surface area contributed by atoms with Gasteiger partial charge in [0.1, 0.15) is 11.6 Å². The number of carbonyl (C=O) groups excluding carboxylic acids is 1. The first-order valence-corrected chi connectivity index (χ1v) is 8.32. The SMILES string of the molecule is Cc1noc(C)c1[C@@H](C)C(=O)N1CCC(Nc2cccnn2)CC1. The highest BCUT2D eigenvalue weighted by Gasteiger charge is 2.29. The molecule has 24 heavy (non-hydrogen) atoms. The molecule has 0 bridgehead atoms. The maximum absolute atomic E-state index is 12.8. The van der Waals surface area contributed by atoms with Gasteiger partial charge in [0.05, 0.1) is 11.6 Å². The van der Waals surface area contributed by atoms with E-state index in [4.69, 9.17) is 4.52 Å². The largest absolute Gasteiger partial charge is 0.366 e. The Labute approximate surface area is 141 Å². The second-order valence-electron chi connectivity index (χ2n) is 6.31. The molecule has 1 aliphatic heterocycles. The third-order valence-electron chi connectivity index (χ3n) is 4.62. The van der Waals surface area contributed by atoms with Gasteiger partial charge in [-0.15, -0.1) is 5.10 Å². The summed E-state index contributed by atoms with van der Waals surface area (Å²) in [5.74, 6) is 1.43. The number of hydrogen-bond acceptors (Lipinski definition) is 6. The summed E-state index contributed by atoms with van der Waals surface area (Å²) in [7, 11) is 0. The minimum atomic E-state index is -0.222. The lowest BCUT2D eigenvalue weighted by molar-refractivity contribution is -0.133. The van der Waals surface area contributed by atoms with Gasteiger partial charge in [-0.3, -0.25) is 4.79 Å². The number of likely N-dealkylation sites (tertiary alicyclic amines) is 1. The summed E-state index contributed by atoms with van der Waals surface area (Å²) >= 11 is 0. The molecule has 0 aliphatic carbocycles. The lowest BCUT2D eigenvalue weighted by atomic mass is 9.96. The second kappa shape index (κ2) is 6.98. The van der Waals surface area contributed by atoms with Crippen LogP contribution in [0.4, 0.5) is 5.82 Å². The zero-order chi connectivity index (χ0) is 17.1. The molecule has 1 saturated heterocycles. The first-order chi connectivity index (χ1) is 11.6. The highest BCUT2D eigenvalue weighted by atomic mass is 16.5. The fourth-order valence-electron chi connectivity index (χ4n) is 3.34. The third-order valence-corrected chi connectivity index (χ3v) is 4.62. The van der Waals surface area contributed by atoms with Crippen molar-refractivity contribution in [3.63, 3.8) is 0 Å². The van der Waals surface area contributed by atoms with Gasteiger partial charge in [0.2, 0.25) is 5.91 Å². The number of nitrogens with zero attached hydrogens (tertiary/aromatic N) is 4. The minimum Gasteiger partial charge on any atom is -0.366 e. The summed E-state index contributed by atoms with van der Waals surface area (Å²) in [6, 6.07) is 4.09. The molecule has 3 heterocycles. The molecule has 1 aliphatic rings. The number of nitrogens with one attached hydrogen (secondary N) is 1. The number of carbonyl (C=O) groups is 1. The van der Waals surface area contributed by atoms with Crippen molar-refractivity contribution in [2.45, 2.75) is 45.6 Å². The molecule has 2 aromatic heterocycles. The zero-order valence-corrected chi connectivity index (χ0v) is 14.3. The van der Waals surface area contributed by atoms with Crippen molar-refractivity contribution in [2.24, 2.45) is 0 Å². The van der Waals surface area contributed by atoms with Crippen LogP contribution in [-0.2, 0) is 4.79 Å². The molecule has 7 heteroatoms. The van der Waals surface area contributed by atoms with Crippen LogP contribution in [0.2, 0.25) is 0 Å². The van der Waals surface area contributed by atoms with Crippen LogP contribution in [-0.4, -0.2) is 45.3 Å². The predicted octanol–water partition coefficient (Wildman–Crippen LogP) is 2.29. The van der Waals surface area contributed by atoms with Crippen LogP contribution in [0.1, 0.15) is 42.7 Å². The summed E-state index contributed by atoms with van der Waals surface area (Å²) < 4.78 is 5.19. The Hall–Kier alpha value is -2.44. The highest BCUT2D eigenvalue weighted by Crippen LogP contribution is 2.26. The van der Waals surface area contributed by atoms with Gasteiger partial charge in [0.15, 0.2) is 0 Å². The molecule has 0 aromatic carbocycles. The van der Waals surface area contributed by atoms with Crippen molar-refractivity contribution in [2.75, 3.05) is 18.4 Å².